The first-order valence-corrected chi connectivity index (χ1v) is 35.9. The highest BCUT2D eigenvalue weighted by molar-refractivity contribution is 5.76. The molecule has 0 bridgehead atoms. The number of carbonyl (C=O) groups is 1. The molecule has 0 aromatic rings. The molecule has 0 aromatic heterocycles. The Morgan fingerprint density at radius 3 is 1.14 bits per heavy atom. The largest absolute Gasteiger partial charge is 0.394 e. The molecule has 17 unspecified atom stereocenters. The number of amides is 1. The van der Waals surface area contributed by atoms with Crippen LogP contribution >= 0.6 is 0 Å². The highest BCUT2D eigenvalue weighted by atomic mass is 16.8. The number of aliphatic hydroxyl groups is 11. The lowest BCUT2D eigenvalue weighted by atomic mass is 9.96. The Bertz CT molecular complexity index is 1650. The van der Waals surface area contributed by atoms with E-state index in [4.69, 9.17) is 28.4 Å². The summed E-state index contributed by atoms with van der Waals surface area (Å²) in [6.45, 7) is 1.77. The Balaban J connectivity index is 1.34. The molecule has 3 heterocycles. The standard InChI is InChI=1S/C69H131NO18/c1-3-5-7-9-11-13-15-16-17-18-19-20-21-22-23-24-25-26-27-28-29-30-31-32-33-34-35-37-38-40-42-44-46-53(74)52(70-57(75)47-45-43-41-39-36-14-12-10-8-6-4-2)51-83-67-63(81)60(78)65(55(49-72)85-67)88-69-64(82)61(79)66(56(50-73)86-69)87-68-62(80)59(77)58(76)54(48-71)84-68/h10,12,52-56,58-69,71-74,76-82H,3-9,11,13-51H2,1-2H3,(H,70,75)/b12-10-. The third-order valence-corrected chi connectivity index (χ3v) is 18.3. The van der Waals surface area contributed by atoms with Crippen molar-refractivity contribution in [3.63, 3.8) is 0 Å². The zero-order chi connectivity index (χ0) is 64.0. The summed E-state index contributed by atoms with van der Waals surface area (Å²) in [5.74, 6) is -0.250. The molecule has 0 aliphatic carbocycles. The molecule has 3 aliphatic heterocycles. The number of hydrogen-bond donors (Lipinski definition) is 12. The van der Waals surface area contributed by atoms with Crippen LogP contribution in [0, 0.1) is 0 Å². The first-order chi connectivity index (χ1) is 42.8. The Hall–Kier alpha value is -1.47. The van der Waals surface area contributed by atoms with Crippen molar-refractivity contribution in [1.29, 1.82) is 0 Å². The molecule has 3 saturated heterocycles. The fourth-order valence-electron chi connectivity index (χ4n) is 12.5. The first-order valence-electron chi connectivity index (χ1n) is 35.9. The number of unbranched alkanes of at least 4 members (excludes halogenated alkanes) is 38. The molecule has 520 valence electrons. The molecule has 17 atom stereocenters. The molecular formula is C69H131NO18. The molecule has 3 fully saturated rings. The Morgan fingerprint density at radius 1 is 0.398 bits per heavy atom. The lowest BCUT2D eigenvalue weighted by Crippen LogP contribution is -2.66. The van der Waals surface area contributed by atoms with Crippen LogP contribution < -0.4 is 5.32 Å². The van der Waals surface area contributed by atoms with E-state index in [-0.39, 0.29) is 18.9 Å². The van der Waals surface area contributed by atoms with E-state index in [0.29, 0.717) is 12.8 Å². The monoisotopic (exact) mass is 1260 g/mol. The average molecular weight is 1260 g/mol. The fourth-order valence-corrected chi connectivity index (χ4v) is 12.5. The van der Waals surface area contributed by atoms with Crippen LogP contribution in [0.2, 0.25) is 0 Å². The van der Waals surface area contributed by atoms with E-state index in [2.05, 4.69) is 31.3 Å². The third kappa shape index (κ3) is 33.6. The van der Waals surface area contributed by atoms with Crippen LogP contribution in [-0.4, -0.2) is 193 Å². The van der Waals surface area contributed by atoms with Crippen molar-refractivity contribution in [3.8, 4) is 0 Å². The fraction of sp³-hybridized carbons (Fsp3) is 0.957. The van der Waals surface area contributed by atoms with Gasteiger partial charge in [-0.15, -0.1) is 0 Å². The minimum absolute atomic E-state index is 0.250. The summed E-state index contributed by atoms with van der Waals surface area (Å²) in [6.07, 6.45) is 30.5. The van der Waals surface area contributed by atoms with Gasteiger partial charge < -0.3 is 89.9 Å². The molecule has 88 heavy (non-hydrogen) atoms. The molecule has 19 nitrogen and oxygen atoms in total. The second kappa shape index (κ2) is 51.9. The molecule has 0 saturated carbocycles. The number of ether oxygens (including phenoxy) is 6. The van der Waals surface area contributed by atoms with E-state index in [1.807, 2.05) is 0 Å². The third-order valence-electron chi connectivity index (χ3n) is 18.3. The second-order valence-corrected chi connectivity index (χ2v) is 26.1. The summed E-state index contributed by atoms with van der Waals surface area (Å²) in [5.41, 5.74) is 0. The molecule has 3 aliphatic rings. The quantitative estimate of drug-likeness (QED) is 0.0199. The molecule has 0 aromatic carbocycles. The van der Waals surface area contributed by atoms with Crippen LogP contribution in [0.1, 0.15) is 290 Å². The molecule has 0 radical (unpaired) electrons. The smallest absolute Gasteiger partial charge is 0.220 e. The lowest BCUT2D eigenvalue weighted by molar-refractivity contribution is -0.379. The summed E-state index contributed by atoms with van der Waals surface area (Å²) >= 11 is 0. The van der Waals surface area contributed by atoms with Gasteiger partial charge in [-0.2, -0.15) is 0 Å². The second-order valence-electron chi connectivity index (χ2n) is 26.1. The van der Waals surface area contributed by atoms with Gasteiger partial charge in [-0.3, -0.25) is 4.79 Å². The topological polar surface area (TPSA) is 307 Å². The van der Waals surface area contributed by atoms with Gasteiger partial charge in [0, 0.05) is 6.42 Å². The number of hydrogen-bond acceptors (Lipinski definition) is 18. The van der Waals surface area contributed by atoms with Gasteiger partial charge in [-0.1, -0.05) is 264 Å². The van der Waals surface area contributed by atoms with Gasteiger partial charge in [-0.25, -0.2) is 0 Å². The minimum Gasteiger partial charge on any atom is -0.394 e. The van der Waals surface area contributed by atoms with E-state index in [1.54, 1.807) is 0 Å². The van der Waals surface area contributed by atoms with Gasteiger partial charge in [0.15, 0.2) is 18.9 Å². The van der Waals surface area contributed by atoms with Gasteiger partial charge in [-0.05, 0) is 32.1 Å². The Labute approximate surface area is 531 Å². The van der Waals surface area contributed by atoms with Gasteiger partial charge in [0.1, 0.15) is 73.2 Å². The van der Waals surface area contributed by atoms with Crippen LogP contribution in [-0.2, 0) is 33.2 Å². The number of aliphatic hydroxyl groups excluding tert-OH is 11. The van der Waals surface area contributed by atoms with E-state index in [9.17, 15) is 61.0 Å². The number of rotatable bonds is 56. The molecule has 1 amide bonds. The maximum absolute atomic E-state index is 13.3. The summed E-state index contributed by atoms with van der Waals surface area (Å²) in [5, 5.41) is 121. The van der Waals surface area contributed by atoms with E-state index in [1.165, 1.54) is 193 Å². The van der Waals surface area contributed by atoms with Gasteiger partial charge >= 0.3 is 0 Å². The normalized spacial score (nSPS) is 28.4. The zero-order valence-corrected chi connectivity index (χ0v) is 55.0. The number of carbonyl (C=O) groups excluding carboxylic acids is 1. The Kier molecular flexibility index (Phi) is 47.6. The van der Waals surface area contributed by atoms with Crippen LogP contribution in [0.4, 0.5) is 0 Å². The van der Waals surface area contributed by atoms with Crippen LogP contribution in [0.25, 0.3) is 0 Å². The number of allylic oxidation sites excluding steroid dienone is 2. The van der Waals surface area contributed by atoms with Crippen LogP contribution in [0.5, 0.6) is 0 Å². The molecule has 19 heteroatoms. The summed E-state index contributed by atoms with van der Waals surface area (Å²) in [6, 6.07) is -0.888. The highest BCUT2D eigenvalue weighted by Gasteiger charge is 2.53. The van der Waals surface area contributed by atoms with Gasteiger partial charge in [0.25, 0.3) is 0 Å². The van der Waals surface area contributed by atoms with Crippen molar-refractivity contribution in [2.45, 2.75) is 394 Å². The first kappa shape index (κ1) is 80.8. The van der Waals surface area contributed by atoms with Gasteiger partial charge in [0.05, 0.1) is 38.6 Å². The summed E-state index contributed by atoms with van der Waals surface area (Å²) in [4.78, 5) is 13.3. The van der Waals surface area contributed by atoms with Crippen molar-refractivity contribution in [2.24, 2.45) is 0 Å². The van der Waals surface area contributed by atoms with Crippen molar-refractivity contribution in [2.75, 3.05) is 26.4 Å². The zero-order valence-electron chi connectivity index (χ0n) is 55.0. The SMILES string of the molecule is CCCC/C=C\CCCCCCCC(=O)NC(COC1OC(CO)C(OC2OC(CO)C(OC3OC(CO)C(O)C(O)C3O)C(O)C2O)C(O)C1O)C(O)CCCCCCCCCCCCCCCCCCCCCCCCCCCCCCCCCC. The van der Waals surface area contributed by atoms with E-state index in [0.717, 1.165) is 64.2 Å². The van der Waals surface area contributed by atoms with E-state index < -0.39 is 124 Å². The maximum Gasteiger partial charge on any atom is 0.220 e. The molecule has 3 rings (SSSR count). The lowest BCUT2D eigenvalue weighted by Gasteiger charge is -2.48. The highest BCUT2D eigenvalue weighted by Crippen LogP contribution is 2.33. The van der Waals surface area contributed by atoms with E-state index >= 15 is 0 Å². The molecule has 12 N–H and O–H groups in total. The van der Waals surface area contributed by atoms with Gasteiger partial charge in [0.2, 0.25) is 5.91 Å². The van der Waals surface area contributed by atoms with Crippen molar-refractivity contribution < 1.29 is 89.4 Å². The maximum atomic E-state index is 13.3. The minimum atomic E-state index is -1.97. The average Bonchev–Trinajstić information content (AvgIpc) is 2.16. The van der Waals surface area contributed by atoms with Crippen LogP contribution in [0.15, 0.2) is 12.2 Å². The van der Waals surface area contributed by atoms with Crippen molar-refractivity contribution >= 4 is 5.91 Å². The van der Waals surface area contributed by atoms with Crippen molar-refractivity contribution in [3.05, 3.63) is 12.2 Å². The predicted molar refractivity (Wildman–Crippen MR) is 342 cm³/mol. The summed E-state index contributed by atoms with van der Waals surface area (Å²) in [7, 11) is 0. The molecule has 0 spiro atoms. The number of nitrogens with one attached hydrogen (secondary N) is 1. The van der Waals surface area contributed by atoms with Crippen molar-refractivity contribution in [1.82, 2.24) is 5.32 Å². The Morgan fingerprint density at radius 2 is 0.727 bits per heavy atom. The predicted octanol–water partition coefficient (Wildman–Crippen LogP) is 9.67. The summed E-state index contributed by atoms with van der Waals surface area (Å²) < 4.78 is 34.4. The molecular weight excluding hydrogens is 1130 g/mol. The van der Waals surface area contributed by atoms with Crippen LogP contribution in [0.3, 0.4) is 0 Å².